The summed E-state index contributed by atoms with van der Waals surface area (Å²) in [6.07, 6.45) is 2.08. The maximum Gasteiger partial charge on any atom is 0.337 e. The number of carbonyl (C=O) groups is 1. The summed E-state index contributed by atoms with van der Waals surface area (Å²) >= 11 is 19.5. The number of esters is 1. The molecule has 1 saturated carbocycles. The quantitative estimate of drug-likeness (QED) is 0.159. The molecule has 6 nitrogen and oxygen atoms in total. The second kappa shape index (κ2) is 11.9. The van der Waals surface area contributed by atoms with E-state index in [0.29, 0.717) is 49.1 Å². The van der Waals surface area contributed by atoms with E-state index in [1.165, 1.54) is 7.11 Å². The summed E-state index contributed by atoms with van der Waals surface area (Å²) in [6.45, 7) is 0.215. The molecule has 4 aromatic rings. The Labute approximate surface area is 247 Å². The summed E-state index contributed by atoms with van der Waals surface area (Å²) in [7, 11) is 5.12. The highest BCUT2D eigenvalue weighted by Crippen LogP contribution is 2.46. The molecule has 9 heteroatoms. The fraction of sp³-hybridized carbons (Fsp3) is 0.226. The van der Waals surface area contributed by atoms with Crippen molar-refractivity contribution in [2.45, 2.75) is 25.4 Å². The second-order valence-corrected chi connectivity index (χ2v) is 10.8. The first-order valence-corrected chi connectivity index (χ1v) is 13.7. The van der Waals surface area contributed by atoms with Crippen LogP contribution in [0.5, 0.6) is 5.75 Å². The van der Waals surface area contributed by atoms with Crippen LogP contribution in [0, 0.1) is 11.8 Å². The fourth-order valence-electron chi connectivity index (χ4n) is 4.28. The third-order valence-corrected chi connectivity index (χ3v) is 7.47. The Morgan fingerprint density at radius 2 is 1.70 bits per heavy atom. The highest BCUT2D eigenvalue weighted by atomic mass is 35.5. The van der Waals surface area contributed by atoms with Crippen molar-refractivity contribution >= 4 is 46.5 Å². The first kappa shape index (κ1) is 27.9. The largest absolute Gasteiger partial charge is 0.489 e. The molecule has 40 heavy (non-hydrogen) atoms. The zero-order valence-electron chi connectivity index (χ0n) is 22.1. The van der Waals surface area contributed by atoms with Crippen molar-refractivity contribution < 1.29 is 18.8 Å². The van der Waals surface area contributed by atoms with E-state index in [1.54, 1.807) is 42.5 Å². The monoisotopic (exact) mass is 594 g/mol. The van der Waals surface area contributed by atoms with Crippen molar-refractivity contribution in [1.82, 2.24) is 5.16 Å². The molecule has 0 unspecified atom stereocenters. The summed E-state index contributed by atoms with van der Waals surface area (Å²) < 4.78 is 16.7. The lowest BCUT2D eigenvalue weighted by atomic mass is 10.0. The Morgan fingerprint density at radius 1 is 1.00 bits per heavy atom. The topological polar surface area (TPSA) is 64.8 Å². The zero-order valence-corrected chi connectivity index (χ0v) is 24.3. The second-order valence-electron chi connectivity index (χ2n) is 9.54. The van der Waals surface area contributed by atoms with E-state index in [4.69, 9.17) is 48.8 Å². The molecule has 1 aliphatic rings. The van der Waals surface area contributed by atoms with Gasteiger partial charge in [-0.2, -0.15) is 0 Å². The van der Waals surface area contributed by atoms with Crippen LogP contribution in [0.4, 0.5) is 5.69 Å². The minimum atomic E-state index is -0.404. The molecule has 0 spiro atoms. The van der Waals surface area contributed by atoms with Gasteiger partial charge in [-0.1, -0.05) is 57.9 Å². The number of hydrogen-bond donors (Lipinski definition) is 0. The van der Waals surface area contributed by atoms with Gasteiger partial charge in [0, 0.05) is 42.8 Å². The van der Waals surface area contributed by atoms with Gasteiger partial charge in [-0.05, 0) is 55.3 Å². The van der Waals surface area contributed by atoms with Gasteiger partial charge in [-0.25, -0.2) is 4.79 Å². The number of nitrogens with zero attached hydrogens (tertiary/aromatic N) is 2. The number of methoxy groups -OCH3 is 1. The van der Waals surface area contributed by atoms with E-state index in [1.807, 2.05) is 31.1 Å². The molecule has 0 radical (unpaired) electrons. The standard InChI is InChI=1S/C31H25Cl3N2O4/c1-36(2)27-15-21(31(37)38-3)12-9-19(27)8-7-18-13-14-22(16-26(18)34)39-17-23-29(35-40-30(23)20-10-11-20)28-24(32)5-4-6-25(28)33/h4-6,9,12-16,20H,10-11,17H2,1-3H3. The minimum Gasteiger partial charge on any atom is -0.489 e. The van der Waals surface area contributed by atoms with Crippen molar-refractivity contribution in [2.75, 3.05) is 26.1 Å². The molecule has 5 rings (SSSR count). The predicted octanol–water partition coefficient (Wildman–Crippen LogP) is 8.01. The zero-order chi connectivity index (χ0) is 28.4. The van der Waals surface area contributed by atoms with Crippen LogP contribution in [0.15, 0.2) is 59.1 Å². The van der Waals surface area contributed by atoms with Crippen LogP contribution in [0.25, 0.3) is 11.3 Å². The predicted molar refractivity (Wildman–Crippen MR) is 158 cm³/mol. The average Bonchev–Trinajstić information content (AvgIpc) is 3.70. The van der Waals surface area contributed by atoms with E-state index in [2.05, 4.69) is 17.0 Å². The Kier molecular flexibility index (Phi) is 8.27. The van der Waals surface area contributed by atoms with Crippen molar-refractivity contribution in [3.8, 4) is 28.8 Å². The van der Waals surface area contributed by atoms with Gasteiger partial charge in [0.15, 0.2) is 0 Å². The van der Waals surface area contributed by atoms with Gasteiger partial charge in [0.25, 0.3) is 0 Å². The van der Waals surface area contributed by atoms with Gasteiger partial charge in [0.05, 0.1) is 39.0 Å². The smallest absolute Gasteiger partial charge is 0.337 e. The number of hydrogen-bond acceptors (Lipinski definition) is 6. The van der Waals surface area contributed by atoms with Crippen LogP contribution in [0.2, 0.25) is 15.1 Å². The van der Waals surface area contributed by atoms with Crippen molar-refractivity contribution in [1.29, 1.82) is 0 Å². The molecule has 204 valence electrons. The molecule has 0 N–H and O–H groups in total. The summed E-state index contributed by atoms with van der Waals surface area (Å²) in [5, 5.41) is 5.74. The van der Waals surface area contributed by atoms with Crippen molar-refractivity contribution in [3.63, 3.8) is 0 Å². The molecular weight excluding hydrogens is 571 g/mol. The van der Waals surface area contributed by atoms with Crippen molar-refractivity contribution in [2.24, 2.45) is 0 Å². The lowest BCUT2D eigenvalue weighted by Gasteiger charge is -2.15. The molecule has 1 aromatic heterocycles. The fourth-order valence-corrected chi connectivity index (χ4v) is 5.07. The molecule has 0 amide bonds. The summed E-state index contributed by atoms with van der Waals surface area (Å²) in [5.74, 6) is 7.57. The third kappa shape index (κ3) is 5.93. The van der Waals surface area contributed by atoms with E-state index < -0.39 is 5.97 Å². The van der Waals surface area contributed by atoms with Gasteiger partial charge in [0.2, 0.25) is 0 Å². The highest BCUT2D eigenvalue weighted by molar-refractivity contribution is 6.39. The van der Waals surface area contributed by atoms with Crippen LogP contribution >= 0.6 is 34.8 Å². The molecule has 1 aliphatic carbocycles. The summed E-state index contributed by atoms with van der Waals surface area (Å²) in [6, 6.07) is 15.9. The van der Waals surface area contributed by atoms with Crippen LogP contribution < -0.4 is 9.64 Å². The molecule has 1 fully saturated rings. The molecule has 3 aromatic carbocycles. The molecular formula is C31H25Cl3N2O4. The van der Waals surface area contributed by atoms with Gasteiger partial charge in [-0.15, -0.1) is 0 Å². The maximum absolute atomic E-state index is 11.9. The molecule has 0 saturated heterocycles. The average molecular weight is 596 g/mol. The van der Waals surface area contributed by atoms with E-state index in [9.17, 15) is 4.79 Å². The highest BCUT2D eigenvalue weighted by Gasteiger charge is 2.33. The van der Waals surface area contributed by atoms with E-state index >= 15 is 0 Å². The summed E-state index contributed by atoms with van der Waals surface area (Å²) in [5.41, 5.74) is 4.67. The SMILES string of the molecule is COC(=O)c1ccc(C#Cc2ccc(OCc3c(-c4c(Cl)cccc4Cl)noc3C3CC3)cc2Cl)c(N(C)C)c1. The normalized spacial score (nSPS) is 12.4. The third-order valence-electron chi connectivity index (χ3n) is 6.52. The number of rotatable bonds is 7. The van der Waals surface area contributed by atoms with E-state index in [0.717, 1.165) is 35.4 Å². The number of aromatic nitrogens is 1. The maximum atomic E-state index is 11.9. The van der Waals surface area contributed by atoms with Crippen LogP contribution in [0.3, 0.4) is 0 Å². The number of benzene rings is 3. The lowest BCUT2D eigenvalue weighted by molar-refractivity contribution is 0.0601. The molecule has 0 bridgehead atoms. The van der Waals surface area contributed by atoms with Crippen LogP contribution in [0.1, 0.15) is 51.6 Å². The number of anilines is 1. The Morgan fingerprint density at radius 3 is 2.35 bits per heavy atom. The lowest BCUT2D eigenvalue weighted by Crippen LogP contribution is -2.12. The van der Waals surface area contributed by atoms with Gasteiger partial charge < -0.3 is 18.9 Å². The van der Waals surface area contributed by atoms with Crippen LogP contribution in [-0.2, 0) is 11.3 Å². The number of halogens is 3. The van der Waals surface area contributed by atoms with Gasteiger partial charge in [0.1, 0.15) is 23.8 Å². The Balaban J connectivity index is 1.38. The van der Waals surface area contributed by atoms with Crippen molar-refractivity contribution in [3.05, 3.63) is 97.7 Å². The molecule has 1 heterocycles. The van der Waals surface area contributed by atoms with Gasteiger partial charge in [-0.3, -0.25) is 0 Å². The molecule has 0 aliphatic heterocycles. The molecule has 0 atom stereocenters. The van der Waals surface area contributed by atoms with E-state index in [-0.39, 0.29) is 6.61 Å². The number of ether oxygens (including phenoxy) is 2. The van der Waals surface area contributed by atoms with Crippen LogP contribution in [-0.4, -0.2) is 32.3 Å². The Hall–Kier alpha value is -3.63. The minimum absolute atomic E-state index is 0.215. The van der Waals surface area contributed by atoms with Gasteiger partial charge >= 0.3 is 5.97 Å². The first-order chi connectivity index (χ1) is 19.3. The number of carbonyl (C=O) groups excluding carboxylic acids is 1. The Bertz CT molecular complexity index is 1630. The summed E-state index contributed by atoms with van der Waals surface area (Å²) in [4.78, 5) is 13.8. The first-order valence-electron chi connectivity index (χ1n) is 12.5.